The average molecular weight is 250 g/mol. The quantitative estimate of drug-likeness (QED) is 0.347. The van der Waals surface area contributed by atoms with Crippen LogP contribution in [0, 0.1) is 0 Å². The molecule has 1 aromatic carbocycles. The highest BCUT2D eigenvalue weighted by Crippen LogP contribution is 2.08. The number of para-hydroxylation sites is 1. The van der Waals surface area contributed by atoms with Gasteiger partial charge in [0.05, 0.1) is 0 Å². The minimum Gasteiger partial charge on any atom is -0.459 e. The summed E-state index contributed by atoms with van der Waals surface area (Å²) in [5.74, 6) is -0.128. The van der Waals surface area contributed by atoms with Gasteiger partial charge in [0, 0.05) is 5.57 Å². The molecule has 0 atom stereocenters. The molecule has 0 heterocycles. The molecule has 0 saturated heterocycles. The zero-order valence-electron chi connectivity index (χ0n) is 10.0. The van der Waals surface area contributed by atoms with Gasteiger partial charge in [-0.15, -0.1) is 0 Å². The van der Waals surface area contributed by atoms with Gasteiger partial charge in [0.15, 0.2) is 0 Å². The smallest absolute Gasteiger partial charge is 0.459 e. The molecule has 96 valence electrons. The SMILES string of the molecule is C=C(C)C(=O)OCCOC(=O)Oc1ccccc1. The standard InChI is InChI=1S/C13H14O5/c1-10(2)12(14)16-8-9-17-13(15)18-11-6-4-3-5-7-11/h3-7H,1,8-9H2,2H3. The Labute approximate surface area is 105 Å². The van der Waals surface area contributed by atoms with Crippen LogP contribution in [-0.2, 0) is 14.3 Å². The van der Waals surface area contributed by atoms with Gasteiger partial charge >= 0.3 is 12.1 Å². The summed E-state index contributed by atoms with van der Waals surface area (Å²) in [5, 5.41) is 0. The van der Waals surface area contributed by atoms with Gasteiger partial charge in [-0.05, 0) is 19.1 Å². The van der Waals surface area contributed by atoms with E-state index in [1.807, 2.05) is 0 Å². The molecule has 0 saturated carbocycles. The van der Waals surface area contributed by atoms with Crippen LogP contribution >= 0.6 is 0 Å². The number of ether oxygens (including phenoxy) is 3. The van der Waals surface area contributed by atoms with Crippen molar-refractivity contribution in [2.75, 3.05) is 13.2 Å². The van der Waals surface area contributed by atoms with Crippen molar-refractivity contribution in [3.8, 4) is 5.75 Å². The maximum absolute atomic E-state index is 11.2. The third-order valence-corrected chi connectivity index (χ3v) is 1.83. The number of hydrogen-bond acceptors (Lipinski definition) is 5. The minimum absolute atomic E-state index is 0.0322. The summed E-state index contributed by atoms with van der Waals surface area (Å²) in [6.07, 6.45) is -0.840. The third kappa shape index (κ3) is 5.16. The summed E-state index contributed by atoms with van der Waals surface area (Å²) in [5.41, 5.74) is 0.293. The van der Waals surface area contributed by atoms with Gasteiger partial charge in [-0.3, -0.25) is 0 Å². The topological polar surface area (TPSA) is 61.8 Å². The average Bonchev–Trinajstić information content (AvgIpc) is 2.35. The lowest BCUT2D eigenvalue weighted by atomic mass is 10.3. The number of carbonyl (C=O) groups is 2. The molecule has 0 aliphatic carbocycles. The second-order valence-electron chi connectivity index (χ2n) is 3.43. The van der Waals surface area contributed by atoms with E-state index in [1.165, 1.54) is 6.92 Å². The van der Waals surface area contributed by atoms with Crippen molar-refractivity contribution < 1.29 is 23.8 Å². The van der Waals surface area contributed by atoms with E-state index in [0.29, 0.717) is 11.3 Å². The lowest BCUT2D eigenvalue weighted by Gasteiger charge is -2.06. The van der Waals surface area contributed by atoms with Gasteiger partial charge in [0.1, 0.15) is 19.0 Å². The molecule has 0 aliphatic rings. The molecule has 0 aliphatic heterocycles. The van der Waals surface area contributed by atoms with E-state index in [2.05, 4.69) is 6.58 Å². The molecule has 0 fully saturated rings. The van der Waals surface area contributed by atoms with Crippen LogP contribution in [0.2, 0.25) is 0 Å². The van der Waals surface area contributed by atoms with Crippen LogP contribution in [0.3, 0.4) is 0 Å². The molecule has 0 unspecified atom stereocenters. The predicted octanol–water partition coefficient (Wildman–Crippen LogP) is 2.32. The lowest BCUT2D eigenvalue weighted by Crippen LogP contribution is -2.16. The van der Waals surface area contributed by atoms with Crippen LogP contribution in [0.4, 0.5) is 4.79 Å². The van der Waals surface area contributed by atoms with E-state index in [-0.39, 0.29) is 13.2 Å². The van der Waals surface area contributed by atoms with Gasteiger partial charge in [-0.1, -0.05) is 24.8 Å². The Kier molecular flexibility index (Phi) is 5.44. The molecular weight excluding hydrogens is 236 g/mol. The first-order chi connectivity index (χ1) is 8.59. The normalized spacial score (nSPS) is 9.39. The maximum Gasteiger partial charge on any atom is 0.513 e. The molecule has 1 aromatic rings. The Bertz CT molecular complexity index is 424. The van der Waals surface area contributed by atoms with Crippen molar-refractivity contribution >= 4 is 12.1 Å². The van der Waals surface area contributed by atoms with Gasteiger partial charge < -0.3 is 14.2 Å². The zero-order valence-corrected chi connectivity index (χ0v) is 10.0. The van der Waals surface area contributed by atoms with Crippen molar-refractivity contribution in [3.05, 3.63) is 42.5 Å². The predicted molar refractivity (Wildman–Crippen MR) is 64.2 cm³/mol. The van der Waals surface area contributed by atoms with Crippen molar-refractivity contribution in [1.29, 1.82) is 0 Å². The van der Waals surface area contributed by atoms with Gasteiger partial charge in [-0.2, -0.15) is 0 Å². The molecule has 5 nitrogen and oxygen atoms in total. The molecule has 0 bridgehead atoms. The van der Waals surface area contributed by atoms with Crippen molar-refractivity contribution in [1.82, 2.24) is 0 Å². The third-order valence-electron chi connectivity index (χ3n) is 1.83. The van der Waals surface area contributed by atoms with Crippen molar-refractivity contribution in [2.45, 2.75) is 6.92 Å². The summed E-state index contributed by atoms with van der Waals surface area (Å²) in [7, 11) is 0. The van der Waals surface area contributed by atoms with E-state index in [9.17, 15) is 9.59 Å². The molecule has 0 spiro atoms. The summed E-state index contributed by atoms with van der Waals surface area (Å²) in [6, 6.07) is 8.52. The van der Waals surface area contributed by atoms with Crippen LogP contribution in [0.25, 0.3) is 0 Å². The first-order valence-corrected chi connectivity index (χ1v) is 5.32. The first kappa shape index (κ1) is 13.8. The van der Waals surface area contributed by atoms with Crippen LogP contribution in [0.5, 0.6) is 5.75 Å². The van der Waals surface area contributed by atoms with Gasteiger partial charge in [-0.25, -0.2) is 9.59 Å². The number of carbonyl (C=O) groups excluding carboxylic acids is 2. The summed E-state index contributed by atoms with van der Waals surface area (Å²) >= 11 is 0. The van der Waals surface area contributed by atoms with Crippen LogP contribution in [-0.4, -0.2) is 25.3 Å². The second kappa shape index (κ2) is 7.11. The Morgan fingerprint density at radius 2 is 1.72 bits per heavy atom. The van der Waals surface area contributed by atoms with Crippen LogP contribution in [0.15, 0.2) is 42.5 Å². The summed E-state index contributed by atoms with van der Waals surface area (Å²) in [4.78, 5) is 22.2. The van der Waals surface area contributed by atoms with E-state index in [4.69, 9.17) is 14.2 Å². The van der Waals surface area contributed by atoms with E-state index < -0.39 is 12.1 Å². The van der Waals surface area contributed by atoms with Crippen LogP contribution in [0.1, 0.15) is 6.92 Å². The molecular formula is C13H14O5. The largest absolute Gasteiger partial charge is 0.513 e. The lowest BCUT2D eigenvalue weighted by molar-refractivity contribution is -0.140. The fourth-order valence-electron chi connectivity index (χ4n) is 0.997. The summed E-state index contributed by atoms with van der Waals surface area (Å²) < 4.78 is 14.3. The number of hydrogen-bond donors (Lipinski definition) is 0. The number of rotatable bonds is 5. The van der Waals surface area contributed by atoms with E-state index in [0.717, 1.165) is 0 Å². The number of benzene rings is 1. The van der Waals surface area contributed by atoms with Gasteiger partial charge in [0.25, 0.3) is 0 Å². The molecule has 0 aromatic heterocycles. The monoisotopic (exact) mass is 250 g/mol. The Hall–Kier alpha value is -2.30. The van der Waals surface area contributed by atoms with E-state index in [1.54, 1.807) is 30.3 Å². The Balaban J connectivity index is 2.18. The molecule has 0 N–H and O–H groups in total. The molecule has 0 amide bonds. The van der Waals surface area contributed by atoms with Crippen LogP contribution < -0.4 is 4.74 Å². The fourth-order valence-corrected chi connectivity index (χ4v) is 0.997. The van der Waals surface area contributed by atoms with Gasteiger partial charge in [0.2, 0.25) is 0 Å². The minimum atomic E-state index is -0.840. The van der Waals surface area contributed by atoms with Crippen molar-refractivity contribution in [3.63, 3.8) is 0 Å². The second-order valence-corrected chi connectivity index (χ2v) is 3.43. The molecule has 18 heavy (non-hydrogen) atoms. The first-order valence-electron chi connectivity index (χ1n) is 5.32. The highest BCUT2D eigenvalue weighted by Gasteiger charge is 2.07. The van der Waals surface area contributed by atoms with Crippen molar-refractivity contribution in [2.24, 2.45) is 0 Å². The maximum atomic E-state index is 11.2. The zero-order chi connectivity index (χ0) is 13.4. The highest BCUT2D eigenvalue weighted by molar-refractivity contribution is 5.86. The highest BCUT2D eigenvalue weighted by atomic mass is 16.7. The molecule has 0 radical (unpaired) electrons. The Morgan fingerprint density at radius 1 is 1.11 bits per heavy atom. The molecule has 1 rings (SSSR count). The van der Waals surface area contributed by atoms with E-state index >= 15 is 0 Å². The summed E-state index contributed by atoms with van der Waals surface area (Å²) in [6.45, 7) is 4.86. The Morgan fingerprint density at radius 3 is 2.33 bits per heavy atom. The fraction of sp³-hybridized carbons (Fsp3) is 0.231. The number of esters is 1. The molecule has 5 heteroatoms.